The topological polar surface area (TPSA) is 20.3 Å². The minimum atomic E-state index is 0.560. The maximum absolute atomic E-state index is 10.6. The van der Waals surface area contributed by atoms with E-state index in [1.165, 1.54) is 12.2 Å². The van der Waals surface area contributed by atoms with Crippen molar-refractivity contribution >= 4 is 35.3 Å². The van der Waals surface area contributed by atoms with Gasteiger partial charge in [0.25, 0.3) is 0 Å². The Labute approximate surface area is 105 Å². The zero-order valence-electron chi connectivity index (χ0n) is 9.15. The molecule has 0 saturated carbocycles. The highest BCUT2D eigenvalue weighted by Crippen LogP contribution is 2.31. The molecule has 1 atom stereocenters. The Morgan fingerprint density at radius 1 is 1.56 bits per heavy atom. The van der Waals surface area contributed by atoms with Gasteiger partial charge in [0.15, 0.2) is 0 Å². The zero-order valence-corrected chi connectivity index (χ0v) is 10.7. The summed E-state index contributed by atoms with van der Waals surface area (Å²) in [6.45, 7) is 0. The first kappa shape index (κ1) is 11.8. The zero-order chi connectivity index (χ0) is 11.5. The summed E-state index contributed by atoms with van der Waals surface area (Å²) in [4.78, 5) is 12.8. The Bertz CT molecular complexity index is 391. The van der Waals surface area contributed by atoms with Crippen molar-refractivity contribution in [3.05, 3.63) is 28.8 Å². The fourth-order valence-corrected chi connectivity index (χ4v) is 3.50. The molecule has 1 fully saturated rings. The summed E-state index contributed by atoms with van der Waals surface area (Å²) in [7, 11) is 2.07. The molecule has 4 heteroatoms. The predicted octanol–water partition coefficient (Wildman–Crippen LogP) is 3.09. The molecule has 0 spiro atoms. The molecule has 0 radical (unpaired) electrons. The number of hydrogen-bond donors (Lipinski definition) is 0. The molecule has 0 aliphatic carbocycles. The molecule has 2 nitrogen and oxygen atoms in total. The molecule has 0 N–H and O–H groups in total. The molecule has 1 aromatic carbocycles. The third kappa shape index (κ3) is 2.36. The molecule has 1 aliphatic heterocycles. The van der Waals surface area contributed by atoms with Crippen molar-refractivity contribution in [3.8, 4) is 0 Å². The first-order chi connectivity index (χ1) is 7.72. The number of nitrogens with zero attached hydrogens (tertiary/aromatic N) is 1. The van der Waals surface area contributed by atoms with Crippen LogP contribution in [0.2, 0.25) is 5.02 Å². The molecule has 0 aromatic heterocycles. The van der Waals surface area contributed by atoms with Crippen molar-refractivity contribution in [3.63, 3.8) is 0 Å². The van der Waals surface area contributed by atoms with E-state index in [2.05, 4.69) is 11.9 Å². The standard InChI is InChI=1S/C12H14ClNOS/c1-14(10-4-5-16-8-10)12-3-2-9(7-15)6-11(12)13/h2-3,6-7,10H,4-5,8H2,1H3. The van der Waals surface area contributed by atoms with Crippen LogP contribution in [0.5, 0.6) is 0 Å². The number of halogens is 1. The fraction of sp³-hybridized carbons (Fsp3) is 0.417. The molecule has 0 bridgehead atoms. The highest BCUT2D eigenvalue weighted by molar-refractivity contribution is 7.99. The van der Waals surface area contributed by atoms with E-state index in [0.29, 0.717) is 16.6 Å². The van der Waals surface area contributed by atoms with Crippen LogP contribution in [0.3, 0.4) is 0 Å². The lowest BCUT2D eigenvalue weighted by molar-refractivity contribution is 0.112. The third-order valence-electron chi connectivity index (χ3n) is 2.94. The van der Waals surface area contributed by atoms with E-state index in [9.17, 15) is 4.79 Å². The molecule has 16 heavy (non-hydrogen) atoms. The largest absolute Gasteiger partial charge is 0.370 e. The lowest BCUT2D eigenvalue weighted by atomic mass is 10.1. The van der Waals surface area contributed by atoms with E-state index in [1.807, 2.05) is 23.9 Å². The van der Waals surface area contributed by atoms with E-state index in [-0.39, 0.29) is 0 Å². The van der Waals surface area contributed by atoms with Crippen LogP contribution in [-0.4, -0.2) is 30.9 Å². The third-order valence-corrected chi connectivity index (χ3v) is 4.39. The molecular formula is C12H14ClNOS. The SMILES string of the molecule is CN(c1ccc(C=O)cc1Cl)C1CCSC1. The fourth-order valence-electron chi connectivity index (χ4n) is 1.91. The number of hydrogen-bond acceptors (Lipinski definition) is 3. The van der Waals surface area contributed by atoms with Crippen LogP contribution in [0.15, 0.2) is 18.2 Å². The van der Waals surface area contributed by atoms with Crippen molar-refractivity contribution in [2.45, 2.75) is 12.5 Å². The van der Waals surface area contributed by atoms with Crippen molar-refractivity contribution in [2.24, 2.45) is 0 Å². The van der Waals surface area contributed by atoms with Crippen molar-refractivity contribution in [1.82, 2.24) is 0 Å². The van der Waals surface area contributed by atoms with Gasteiger partial charge in [0, 0.05) is 24.4 Å². The average molecular weight is 256 g/mol. The van der Waals surface area contributed by atoms with Gasteiger partial charge in [0.2, 0.25) is 0 Å². The molecule has 1 saturated heterocycles. The highest BCUT2D eigenvalue weighted by Gasteiger charge is 2.21. The minimum absolute atomic E-state index is 0.560. The second-order valence-corrected chi connectivity index (χ2v) is 5.51. The van der Waals surface area contributed by atoms with Gasteiger partial charge in [-0.15, -0.1) is 0 Å². The second-order valence-electron chi connectivity index (χ2n) is 3.96. The molecule has 1 heterocycles. The average Bonchev–Trinajstić information content (AvgIpc) is 2.81. The highest BCUT2D eigenvalue weighted by atomic mass is 35.5. The Morgan fingerprint density at radius 3 is 2.94 bits per heavy atom. The summed E-state index contributed by atoms with van der Waals surface area (Å²) < 4.78 is 0. The predicted molar refractivity (Wildman–Crippen MR) is 71.0 cm³/mol. The lowest BCUT2D eigenvalue weighted by Gasteiger charge is -2.27. The van der Waals surface area contributed by atoms with E-state index < -0.39 is 0 Å². The van der Waals surface area contributed by atoms with Gasteiger partial charge in [-0.2, -0.15) is 11.8 Å². The van der Waals surface area contributed by atoms with Crippen molar-refractivity contribution < 1.29 is 4.79 Å². The number of rotatable bonds is 3. The van der Waals surface area contributed by atoms with Crippen molar-refractivity contribution in [2.75, 3.05) is 23.5 Å². The summed E-state index contributed by atoms with van der Waals surface area (Å²) in [5.74, 6) is 2.38. The lowest BCUT2D eigenvalue weighted by Crippen LogP contribution is -2.31. The van der Waals surface area contributed by atoms with E-state index in [0.717, 1.165) is 17.7 Å². The molecule has 86 valence electrons. The Balaban J connectivity index is 2.22. The van der Waals surface area contributed by atoms with Crippen LogP contribution >= 0.6 is 23.4 Å². The van der Waals surface area contributed by atoms with Crippen LogP contribution in [0.4, 0.5) is 5.69 Å². The quantitative estimate of drug-likeness (QED) is 0.775. The Hall–Kier alpha value is -0.670. The molecule has 2 rings (SSSR count). The maximum Gasteiger partial charge on any atom is 0.150 e. The van der Waals surface area contributed by atoms with Crippen LogP contribution in [0, 0.1) is 0 Å². The smallest absolute Gasteiger partial charge is 0.150 e. The van der Waals surface area contributed by atoms with Crippen molar-refractivity contribution in [1.29, 1.82) is 0 Å². The van der Waals surface area contributed by atoms with Gasteiger partial charge in [-0.1, -0.05) is 11.6 Å². The summed E-state index contributed by atoms with van der Waals surface area (Å²) >= 11 is 8.15. The van der Waals surface area contributed by atoms with Gasteiger partial charge in [-0.25, -0.2) is 0 Å². The molecule has 1 aliphatic rings. The molecule has 0 amide bonds. The molecular weight excluding hydrogens is 242 g/mol. The van der Waals surface area contributed by atoms with E-state index in [1.54, 1.807) is 6.07 Å². The van der Waals surface area contributed by atoms with E-state index in [4.69, 9.17) is 11.6 Å². The number of benzene rings is 1. The summed E-state index contributed by atoms with van der Waals surface area (Å²) in [6.07, 6.45) is 2.02. The summed E-state index contributed by atoms with van der Waals surface area (Å²) in [6, 6.07) is 6.02. The molecule has 1 aromatic rings. The minimum Gasteiger partial charge on any atom is -0.370 e. The van der Waals surface area contributed by atoms with Crippen LogP contribution in [-0.2, 0) is 0 Å². The number of carbonyl (C=O) groups is 1. The first-order valence-corrected chi connectivity index (χ1v) is 6.81. The van der Waals surface area contributed by atoms with Crippen LogP contribution < -0.4 is 4.90 Å². The monoisotopic (exact) mass is 255 g/mol. The van der Waals surface area contributed by atoms with Crippen LogP contribution in [0.1, 0.15) is 16.8 Å². The number of aldehydes is 1. The Kier molecular flexibility index (Phi) is 3.77. The number of thioether (sulfide) groups is 1. The van der Waals surface area contributed by atoms with Gasteiger partial charge >= 0.3 is 0 Å². The number of carbonyl (C=O) groups excluding carboxylic acids is 1. The molecule has 1 unspecified atom stereocenters. The van der Waals surface area contributed by atoms with Crippen LogP contribution in [0.25, 0.3) is 0 Å². The first-order valence-electron chi connectivity index (χ1n) is 5.27. The Morgan fingerprint density at radius 2 is 2.38 bits per heavy atom. The number of anilines is 1. The normalized spacial score (nSPS) is 19.8. The van der Waals surface area contributed by atoms with Gasteiger partial charge in [0.1, 0.15) is 6.29 Å². The van der Waals surface area contributed by atoms with Gasteiger partial charge in [-0.05, 0) is 30.4 Å². The van der Waals surface area contributed by atoms with Gasteiger partial charge in [-0.3, -0.25) is 4.79 Å². The summed E-state index contributed by atoms with van der Waals surface area (Å²) in [5, 5.41) is 0.656. The summed E-state index contributed by atoms with van der Waals surface area (Å²) in [5.41, 5.74) is 1.64. The maximum atomic E-state index is 10.6. The van der Waals surface area contributed by atoms with Gasteiger partial charge < -0.3 is 4.90 Å². The van der Waals surface area contributed by atoms with E-state index >= 15 is 0 Å². The second kappa shape index (κ2) is 5.11. The van der Waals surface area contributed by atoms with Gasteiger partial charge in [0.05, 0.1) is 10.7 Å².